The van der Waals surface area contributed by atoms with E-state index < -0.39 is 29.5 Å². The fourth-order valence-electron chi connectivity index (χ4n) is 5.25. The molecule has 45 heavy (non-hydrogen) atoms. The molecule has 0 saturated carbocycles. The van der Waals surface area contributed by atoms with Crippen LogP contribution in [0.3, 0.4) is 0 Å². The number of ether oxygens (including phenoxy) is 2. The van der Waals surface area contributed by atoms with Crippen molar-refractivity contribution in [1.29, 1.82) is 0 Å². The van der Waals surface area contributed by atoms with Crippen molar-refractivity contribution in [1.82, 2.24) is 29.3 Å². The highest BCUT2D eigenvalue weighted by atomic mass is 16.6. The Kier molecular flexibility index (Phi) is 10.0. The number of hydrogen-bond acceptors (Lipinski definition) is 9. The number of rotatable bonds is 8. The molecule has 3 aromatic heterocycles. The van der Waals surface area contributed by atoms with Gasteiger partial charge in [-0.1, -0.05) is 13.8 Å². The van der Waals surface area contributed by atoms with E-state index in [-0.39, 0.29) is 31.0 Å². The van der Waals surface area contributed by atoms with Gasteiger partial charge in [0.1, 0.15) is 22.8 Å². The molecule has 1 fully saturated rings. The number of piperidine rings is 1. The van der Waals surface area contributed by atoms with E-state index in [1.165, 1.54) is 0 Å². The third kappa shape index (κ3) is 8.44. The second kappa shape index (κ2) is 13.2. The number of likely N-dealkylation sites (tertiary alicyclic amines) is 1. The molecule has 4 heterocycles. The maximum Gasteiger partial charge on any atom is 0.416 e. The molecule has 2 amide bonds. The molecule has 0 radical (unpaired) electrons. The molecule has 0 aromatic carbocycles. The van der Waals surface area contributed by atoms with E-state index >= 15 is 0 Å². The van der Waals surface area contributed by atoms with Crippen LogP contribution in [-0.4, -0.2) is 83.5 Å². The van der Waals surface area contributed by atoms with Crippen molar-refractivity contribution in [2.75, 3.05) is 29.9 Å². The zero-order valence-electron chi connectivity index (χ0n) is 28.4. The number of aromatic nitrogens is 5. The maximum absolute atomic E-state index is 13.8. The van der Waals surface area contributed by atoms with Crippen LogP contribution in [0, 0.1) is 5.92 Å². The Labute approximate surface area is 265 Å². The monoisotopic (exact) mass is 626 g/mol. The standard InChI is InChI=1S/C32H50N8O5/c1-20(2)24-17-35-40-27(38(30(43)45-32(8,9)10)18-23-11-13-34-39(23)21(3)4)15-26(36-28(24)40)33-16-22-12-14-37(19-25(22)41)29(42)44-31(5,6)7/h11,13,15,17,20-22,25,41H,12,14,16,18-19H2,1-10H3,(H,33,36)/t22-,25+/m1/s1. The minimum atomic E-state index is -0.738. The third-order valence-electron chi connectivity index (χ3n) is 7.47. The van der Waals surface area contributed by atoms with Crippen LogP contribution in [0.5, 0.6) is 0 Å². The summed E-state index contributed by atoms with van der Waals surface area (Å²) in [4.78, 5) is 34.4. The smallest absolute Gasteiger partial charge is 0.416 e. The summed E-state index contributed by atoms with van der Waals surface area (Å²) in [7, 11) is 0. The predicted octanol–water partition coefficient (Wildman–Crippen LogP) is 5.60. The predicted molar refractivity (Wildman–Crippen MR) is 173 cm³/mol. The molecule has 2 N–H and O–H groups in total. The lowest BCUT2D eigenvalue weighted by Crippen LogP contribution is -2.49. The van der Waals surface area contributed by atoms with Crippen LogP contribution >= 0.6 is 0 Å². The number of aliphatic hydroxyl groups is 1. The Morgan fingerprint density at radius 2 is 1.78 bits per heavy atom. The number of nitrogens with one attached hydrogen (secondary N) is 1. The second-order valence-electron chi connectivity index (χ2n) is 14.3. The molecule has 0 bridgehead atoms. The van der Waals surface area contributed by atoms with Gasteiger partial charge in [-0.2, -0.15) is 14.7 Å². The number of β-amino-alcohol motifs (C(OH)–C–C–N with tert-alkyl or cyclic N) is 1. The molecule has 0 unspecified atom stereocenters. The molecular formula is C32H50N8O5. The Morgan fingerprint density at radius 1 is 1.09 bits per heavy atom. The molecule has 1 saturated heterocycles. The molecular weight excluding hydrogens is 576 g/mol. The molecule has 1 aliphatic rings. The summed E-state index contributed by atoms with van der Waals surface area (Å²) in [5.41, 5.74) is 1.06. The molecule has 1 aliphatic heterocycles. The molecule has 0 aliphatic carbocycles. The summed E-state index contributed by atoms with van der Waals surface area (Å²) in [6.45, 7) is 20.5. The number of hydrogen-bond donors (Lipinski definition) is 2. The molecule has 13 nitrogen and oxygen atoms in total. The Morgan fingerprint density at radius 3 is 2.38 bits per heavy atom. The van der Waals surface area contributed by atoms with E-state index in [0.717, 1.165) is 11.3 Å². The lowest BCUT2D eigenvalue weighted by molar-refractivity contribution is -0.0104. The van der Waals surface area contributed by atoms with E-state index in [9.17, 15) is 14.7 Å². The minimum Gasteiger partial charge on any atom is -0.444 e. The van der Waals surface area contributed by atoms with Crippen molar-refractivity contribution >= 4 is 29.5 Å². The van der Waals surface area contributed by atoms with Gasteiger partial charge >= 0.3 is 12.2 Å². The van der Waals surface area contributed by atoms with E-state index in [4.69, 9.17) is 14.5 Å². The fraction of sp³-hybridized carbons (Fsp3) is 0.656. The number of carbonyl (C=O) groups is 2. The zero-order valence-corrected chi connectivity index (χ0v) is 28.4. The summed E-state index contributed by atoms with van der Waals surface area (Å²) in [6.07, 6.45) is 2.41. The average Bonchev–Trinajstić information content (AvgIpc) is 3.56. The Bertz CT molecular complexity index is 1480. The highest BCUT2D eigenvalue weighted by Gasteiger charge is 2.33. The minimum absolute atomic E-state index is 0.0931. The van der Waals surface area contributed by atoms with Gasteiger partial charge in [-0.3, -0.25) is 9.58 Å². The van der Waals surface area contributed by atoms with E-state index in [1.807, 2.05) is 66.1 Å². The molecule has 13 heteroatoms. The van der Waals surface area contributed by atoms with Crippen molar-refractivity contribution in [2.45, 2.75) is 111 Å². The number of aliphatic hydroxyl groups excluding tert-OH is 1. The van der Waals surface area contributed by atoms with Crippen LogP contribution in [0.15, 0.2) is 24.5 Å². The van der Waals surface area contributed by atoms with E-state index in [2.05, 4.69) is 29.4 Å². The topological polar surface area (TPSA) is 139 Å². The van der Waals surface area contributed by atoms with Crippen LogP contribution in [0.2, 0.25) is 0 Å². The first-order valence-corrected chi connectivity index (χ1v) is 15.7. The summed E-state index contributed by atoms with van der Waals surface area (Å²) in [6, 6.07) is 3.77. The molecule has 3 aromatic rings. The van der Waals surface area contributed by atoms with Gasteiger partial charge in [0.15, 0.2) is 5.65 Å². The summed E-state index contributed by atoms with van der Waals surface area (Å²) >= 11 is 0. The highest BCUT2D eigenvalue weighted by molar-refractivity contribution is 5.88. The van der Waals surface area contributed by atoms with Crippen molar-refractivity contribution in [3.05, 3.63) is 35.8 Å². The molecule has 248 valence electrons. The van der Waals surface area contributed by atoms with Crippen LogP contribution in [0.1, 0.15) is 98.9 Å². The van der Waals surface area contributed by atoms with Gasteiger partial charge in [-0.15, -0.1) is 0 Å². The average molecular weight is 627 g/mol. The quantitative estimate of drug-likeness (QED) is 0.327. The van der Waals surface area contributed by atoms with E-state index in [0.29, 0.717) is 36.8 Å². The normalized spacial score (nSPS) is 17.7. The van der Waals surface area contributed by atoms with Crippen molar-refractivity contribution in [3.8, 4) is 0 Å². The van der Waals surface area contributed by atoms with Crippen molar-refractivity contribution in [3.63, 3.8) is 0 Å². The van der Waals surface area contributed by atoms with E-state index in [1.54, 1.807) is 32.8 Å². The van der Waals surface area contributed by atoms with Gasteiger partial charge in [-0.25, -0.2) is 14.6 Å². The Hall–Kier alpha value is -3.87. The SMILES string of the molecule is CC(C)c1cnn2c(N(Cc3ccnn3C(C)C)C(=O)OC(C)(C)C)cc(NC[C@H]3CCN(C(=O)OC(C)(C)C)C[C@@H]3O)nc12. The van der Waals surface area contributed by atoms with Crippen molar-refractivity contribution in [2.24, 2.45) is 5.92 Å². The number of amides is 2. The third-order valence-corrected chi connectivity index (χ3v) is 7.47. The molecule has 4 rings (SSSR count). The molecule has 0 spiro atoms. The lowest BCUT2D eigenvalue weighted by atomic mass is 9.94. The summed E-state index contributed by atoms with van der Waals surface area (Å²) in [5, 5.41) is 23.5. The first-order valence-electron chi connectivity index (χ1n) is 15.7. The van der Waals surface area contributed by atoms with Gasteiger partial charge in [0.2, 0.25) is 0 Å². The summed E-state index contributed by atoms with van der Waals surface area (Å²) < 4.78 is 14.9. The largest absolute Gasteiger partial charge is 0.444 e. The van der Waals surface area contributed by atoms with Crippen molar-refractivity contribution < 1.29 is 24.2 Å². The zero-order chi connectivity index (χ0) is 33.3. The van der Waals surface area contributed by atoms with Gasteiger partial charge in [0.25, 0.3) is 0 Å². The van der Waals surface area contributed by atoms with Crippen LogP contribution in [0.25, 0.3) is 5.65 Å². The lowest BCUT2D eigenvalue weighted by Gasteiger charge is -2.36. The number of fused-ring (bicyclic) bond motifs is 1. The van der Waals surface area contributed by atoms with Gasteiger partial charge in [0, 0.05) is 42.9 Å². The highest BCUT2D eigenvalue weighted by Crippen LogP contribution is 2.29. The number of anilines is 2. The van der Waals surface area contributed by atoms with Crippen LogP contribution < -0.4 is 10.2 Å². The van der Waals surface area contributed by atoms with Gasteiger partial charge < -0.3 is 24.8 Å². The second-order valence-corrected chi connectivity index (χ2v) is 14.3. The van der Waals surface area contributed by atoms with Crippen LogP contribution in [0.4, 0.5) is 21.2 Å². The summed E-state index contributed by atoms with van der Waals surface area (Å²) in [5.74, 6) is 1.03. The Balaban J connectivity index is 1.65. The fourth-order valence-corrected chi connectivity index (χ4v) is 5.25. The first-order chi connectivity index (χ1) is 20.9. The number of carbonyl (C=O) groups excluding carboxylic acids is 2. The van der Waals surface area contributed by atoms with Gasteiger partial charge in [0.05, 0.1) is 31.1 Å². The molecule has 2 atom stereocenters. The first kappa shape index (κ1) is 34.0. The van der Waals surface area contributed by atoms with Crippen LogP contribution in [-0.2, 0) is 16.0 Å². The van der Waals surface area contributed by atoms with Gasteiger partial charge in [-0.05, 0) is 73.8 Å². The number of nitrogens with zero attached hydrogens (tertiary/aromatic N) is 7. The maximum atomic E-state index is 13.8.